The number of halogens is 4. The van der Waals surface area contributed by atoms with Gasteiger partial charge in [-0.2, -0.15) is 10.4 Å². The van der Waals surface area contributed by atoms with Crippen molar-refractivity contribution in [3.63, 3.8) is 0 Å². The number of nitriles is 1. The summed E-state index contributed by atoms with van der Waals surface area (Å²) in [6, 6.07) is 5.97. The molecule has 0 amide bonds. The van der Waals surface area contributed by atoms with Crippen molar-refractivity contribution in [2.75, 3.05) is 18.0 Å². The Hall–Kier alpha value is -3.59. The van der Waals surface area contributed by atoms with Crippen molar-refractivity contribution in [3.8, 4) is 11.8 Å². The Morgan fingerprint density at radius 3 is 2.61 bits per heavy atom. The van der Waals surface area contributed by atoms with Crippen LogP contribution in [0.25, 0.3) is 11.0 Å². The second-order valence-electron chi connectivity index (χ2n) is 9.10. The predicted octanol–water partition coefficient (Wildman–Crippen LogP) is 3.96. The van der Waals surface area contributed by atoms with Gasteiger partial charge in [0.1, 0.15) is 23.6 Å². The molecule has 1 aliphatic rings. The lowest BCUT2D eigenvalue weighted by atomic mass is 9.99. The average Bonchev–Trinajstić information content (AvgIpc) is 3.21. The van der Waals surface area contributed by atoms with Crippen LogP contribution in [0.3, 0.4) is 0 Å². The Kier molecular flexibility index (Phi) is 6.70. The fourth-order valence-electron chi connectivity index (χ4n) is 4.89. The lowest BCUT2D eigenvalue weighted by Crippen LogP contribution is -2.57. The number of benzene rings is 1. The summed E-state index contributed by atoms with van der Waals surface area (Å²) in [6.07, 6.45) is -3.29. The molecule has 1 fully saturated rings. The number of ether oxygens (including phenoxy) is 1. The van der Waals surface area contributed by atoms with Gasteiger partial charge in [0.2, 0.25) is 0 Å². The number of pyridine rings is 1. The van der Waals surface area contributed by atoms with Gasteiger partial charge in [-0.15, -0.1) is 13.2 Å². The Bertz CT molecular complexity index is 1380. The van der Waals surface area contributed by atoms with Crippen molar-refractivity contribution in [3.05, 3.63) is 52.2 Å². The lowest BCUT2D eigenvalue weighted by Gasteiger charge is -2.47. The van der Waals surface area contributed by atoms with Crippen LogP contribution in [-0.4, -0.2) is 50.8 Å². The molecule has 1 aromatic carbocycles. The maximum absolute atomic E-state index is 13.7. The first-order chi connectivity index (χ1) is 16.9. The first-order valence-electron chi connectivity index (χ1n) is 11.4. The number of fused-ring (bicyclic) bond motifs is 1. The molecule has 1 aliphatic heterocycles. The van der Waals surface area contributed by atoms with Crippen molar-refractivity contribution >= 4 is 16.7 Å². The summed E-state index contributed by atoms with van der Waals surface area (Å²) in [5.41, 5.74) is 1.84. The van der Waals surface area contributed by atoms with Crippen LogP contribution in [0.2, 0.25) is 0 Å². The molecule has 0 bridgehead atoms. The zero-order valence-corrected chi connectivity index (χ0v) is 20.3. The van der Waals surface area contributed by atoms with E-state index in [1.807, 2.05) is 24.8 Å². The monoisotopic (exact) mass is 506 g/mol. The highest BCUT2D eigenvalue weighted by molar-refractivity contribution is 5.88. The van der Waals surface area contributed by atoms with Gasteiger partial charge in [-0.1, -0.05) is 6.07 Å². The molecule has 36 heavy (non-hydrogen) atoms. The smallest absolute Gasteiger partial charge is 0.405 e. The fourth-order valence-corrected chi connectivity index (χ4v) is 4.89. The topological polar surface area (TPSA) is 79.3 Å². The third-order valence-corrected chi connectivity index (χ3v) is 6.66. The number of anilines is 1. The molecule has 4 rings (SSSR count). The Balaban J connectivity index is 1.65. The van der Waals surface area contributed by atoms with E-state index in [-0.39, 0.29) is 29.8 Å². The number of hydrogen-bond acceptors (Lipinski definition) is 6. The third-order valence-electron chi connectivity index (χ3n) is 6.66. The standard InChI is InChI=1S/C24H26F4N6O2/c1-14-12-34(19-10-22(35)31(4)20-13-32(8-7-29)30-23(19)20)15(2)11-33(14)16(3)18-6-5-17(25)9-21(18)36-24(26,27)28/h5-6,9-10,13-16H,8,11-12H2,1-4H3/t14-,15+,16?/m1/s1. The second-order valence-corrected chi connectivity index (χ2v) is 9.10. The van der Waals surface area contributed by atoms with Crippen molar-refractivity contribution in [1.82, 2.24) is 19.2 Å². The molecule has 0 radical (unpaired) electrons. The van der Waals surface area contributed by atoms with E-state index in [4.69, 9.17) is 5.26 Å². The predicted molar refractivity (Wildman–Crippen MR) is 125 cm³/mol. The molecular formula is C24H26F4N6O2. The van der Waals surface area contributed by atoms with E-state index >= 15 is 0 Å². The maximum Gasteiger partial charge on any atom is 0.573 e. The maximum atomic E-state index is 13.7. The molecule has 3 aromatic rings. The number of hydrogen-bond donors (Lipinski definition) is 0. The summed E-state index contributed by atoms with van der Waals surface area (Å²) in [7, 11) is 1.64. The fraction of sp³-hybridized carbons (Fsp3) is 0.458. The molecule has 12 heteroatoms. The quantitative estimate of drug-likeness (QED) is 0.488. The molecule has 8 nitrogen and oxygen atoms in total. The van der Waals surface area contributed by atoms with Gasteiger partial charge in [-0.25, -0.2) is 4.39 Å². The van der Waals surface area contributed by atoms with Gasteiger partial charge in [-0.3, -0.25) is 14.4 Å². The number of alkyl halides is 3. The SMILES string of the molecule is CC(c1ccc(F)cc1OC(F)(F)F)N1C[C@H](C)N(c2cc(=O)n(C)c3cn(CC#N)nc23)C[C@H]1C. The van der Waals surface area contributed by atoms with E-state index in [0.717, 1.165) is 12.1 Å². The molecule has 1 unspecified atom stereocenters. The minimum atomic E-state index is -4.94. The van der Waals surface area contributed by atoms with Crippen LogP contribution in [0.1, 0.15) is 32.4 Å². The molecule has 1 saturated heterocycles. The van der Waals surface area contributed by atoms with Gasteiger partial charge in [0.25, 0.3) is 5.56 Å². The average molecular weight is 507 g/mol. The van der Waals surface area contributed by atoms with Gasteiger partial charge >= 0.3 is 6.36 Å². The molecule has 0 spiro atoms. The Morgan fingerprint density at radius 2 is 1.94 bits per heavy atom. The minimum Gasteiger partial charge on any atom is -0.405 e. The molecule has 2 aromatic heterocycles. The largest absolute Gasteiger partial charge is 0.573 e. The van der Waals surface area contributed by atoms with Gasteiger partial charge < -0.3 is 14.2 Å². The zero-order chi connectivity index (χ0) is 26.4. The highest BCUT2D eigenvalue weighted by Crippen LogP contribution is 2.37. The van der Waals surface area contributed by atoms with Crippen LogP contribution < -0.4 is 15.2 Å². The molecule has 0 saturated carbocycles. The highest BCUT2D eigenvalue weighted by atomic mass is 19.4. The molecular weight excluding hydrogens is 480 g/mol. The number of nitrogens with zero attached hydrogens (tertiary/aromatic N) is 6. The van der Waals surface area contributed by atoms with E-state index in [1.54, 1.807) is 20.2 Å². The van der Waals surface area contributed by atoms with Crippen molar-refractivity contribution in [1.29, 1.82) is 5.26 Å². The minimum absolute atomic E-state index is 0.0412. The summed E-state index contributed by atoms with van der Waals surface area (Å²) in [6.45, 7) is 6.62. The van der Waals surface area contributed by atoms with Gasteiger partial charge in [0.15, 0.2) is 0 Å². The van der Waals surface area contributed by atoms with Crippen LogP contribution in [0, 0.1) is 17.1 Å². The third kappa shape index (κ3) is 4.88. The molecule has 192 valence electrons. The van der Waals surface area contributed by atoms with E-state index in [0.29, 0.717) is 29.8 Å². The number of aryl methyl sites for hydroxylation is 1. The number of aromatic nitrogens is 3. The van der Waals surface area contributed by atoms with Crippen LogP contribution in [0.5, 0.6) is 5.75 Å². The number of piperazine rings is 1. The van der Waals surface area contributed by atoms with Gasteiger partial charge in [-0.05, 0) is 26.8 Å². The second kappa shape index (κ2) is 9.46. The summed E-state index contributed by atoms with van der Waals surface area (Å²) < 4.78 is 59.7. The van der Waals surface area contributed by atoms with Crippen molar-refractivity contribution in [2.45, 2.75) is 51.8 Å². The molecule has 3 atom stereocenters. The summed E-state index contributed by atoms with van der Waals surface area (Å²) in [4.78, 5) is 16.8. The van der Waals surface area contributed by atoms with Crippen molar-refractivity contribution in [2.24, 2.45) is 7.05 Å². The van der Waals surface area contributed by atoms with Crippen LogP contribution in [0.15, 0.2) is 35.3 Å². The highest BCUT2D eigenvalue weighted by Gasteiger charge is 2.37. The molecule has 0 N–H and O–H groups in total. The zero-order valence-electron chi connectivity index (χ0n) is 20.3. The summed E-state index contributed by atoms with van der Waals surface area (Å²) in [5.74, 6) is -1.38. The van der Waals surface area contributed by atoms with E-state index in [2.05, 4.69) is 14.7 Å². The first kappa shape index (κ1) is 25.5. The lowest BCUT2D eigenvalue weighted by molar-refractivity contribution is -0.275. The summed E-state index contributed by atoms with van der Waals surface area (Å²) in [5, 5.41) is 13.6. The van der Waals surface area contributed by atoms with Crippen LogP contribution in [-0.2, 0) is 13.6 Å². The molecule has 3 heterocycles. The Morgan fingerprint density at radius 1 is 1.22 bits per heavy atom. The Labute approximate surface area is 204 Å². The van der Waals surface area contributed by atoms with Crippen LogP contribution >= 0.6 is 0 Å². The van der Waals surface area contributed by atoms with Gasteiger partial charge in [0.05, 0.1) is 23.5 Å². The number of rotatable bonds is 5. The van der Waals surface area contributed by atoms with Gasteiger partial charge in [0, 0.05) is 56.0 Å². The van der Waals surface area contributed by atoms with Crippen molar-refractivity contribution < 1.29 is 22.3 Å². The molecule has 0 aliphatic carbocycles. The van der Waals surface area contributed by atoms with Crippen LogP contribution in [0.4, 0.5) is 23.2 Å². The van der Waals surface area contributed by atoms with E-state index in [9.17, 15) is 22.4 Å². The normalized spacial score (nSPS) is 19.9. The summed E-state index contributed by atoms with van der Waals surface area (Å²) >= 11 is 0. The van der Waals surface area contributed by atoms with E-state index < -0.39 is 24.0 Å². The first-order valence-corrected chi connectivity index (χ1v) is 11.4. The van der Waals surface area contributed by atoms with E-state index in [1.165, 1.54) is 21.4 Å².